The van der Waals surface area contributed by atoms with Gasteiger partial charge in [0.2, 0.25) is 0 Å². The molecule has 0 saturated carbocycles. The summed E-state index contributed by atoms with van der Waals surface area (Å²) >= 11 is 2.14. The van der Waals surface area contributed by atoms with Crippen LogP contribution in [-0.2, 0) is 9.53 Å². The minimum Gasteiger partial charge on any atom is -0.374 e. The number of unbranched alkanes of at least 4 members (excludes halogenated alkanes) is 4. The largest absolute Gasteiger partial charge is 0.374 e. The molecule has 0 spiro atoms. The van der Waals surface area contributed by atoms with Crippen LogP contribution in [-0.4, -0.2) is 46.9 Å². The van der Waals surface area contributed by atoms with E-state index in [0.717, 1.165) is 25.2 Å². The summed E-state index contributed by atoms with van der Waals surface area (Å²) in [6.07, 6.45) is 20.2. The van der Waals surface area contributed by atoms with Gasteiger partial charge >= 0.3 is 0 Å². The van der Waals surface area contributed by atoms with Gasteiger partial charge < -0.3 is 4.74 Å². The number of ether oxygens (including phenoxy) is 1. The Morgan fingerprint density at radius 1 is 1.06 bits per heavy atom. The molecule has 4 atom stereocenters. The molecule has 5 heteroatoms. The lowest BCUT2D eigenvalue weighted by atomic mass is 9.75. The fourth-order valence-corrected chi connectivity index (χ4v) is 6.30. The molecular weight excluding hydrogens is 406 g/mol. The van der Waals surface area contributed by atoms with E-state index in [-0.39, 0.29) is 5.91 Å². The second-order valence-electron chi connectivity index (χ2n) is 10.2. The Kier molecular flexibility index (Phi) is 12.0. The van der Waals surface area contributed by atoms with E-state index in [4.69, 9.17) is 4.74 Å². The predicted octanol–water partition coefficient (Wildman–Crippen LogP) is 6.86. The highest BCUT2D eigenvalue weighted by molar-refractivity contribution is 7.99. The van der Waals surface area contributed by atoms with Crippen molar-refractivity contribution < 1.29 is 14.7 Å². The highest BCUT2D eigenvalue weighted by Crippen LogP contribution is 2.47. The molecule has 2 bridgehead atoms. The van der Waals surface area contributed by atoms with Gasteiger partial charge in [0.05, 0.1) is 12.2 Å². The van der Waals surface area contributed by atoms with E-state index in [1.165, 1.54) is 76.3 Å². The van der Waals surface area contributed by atoms with Crippen LogP contribution in [0, 0.1) is 17.3 Å². The maximum absolute atomic E-state index is 12.0. The van der Waals surface area contributed by atoms with E-state index in [1.54, 1.807) is 0 Å². The van der Waals surface area contributed by atoms with Gasteiger partial charge in [-0.2, -0.15) is 11.8 Å². The summed E-state index contributed by atoms with van der Waals surface area (Å²) in [4.78, 5) is 12.0. The molecular formula is C26H47NO3S. The van der Waals surface area contributed by atoms with Gasteiger partial charge in [0.1, 0.15) is 0 Å². The van der Waals surface area contributed by atoms with Crippen LogP contribution >= 0.6 is 11.8 Å². The lowest BCUT2D eigenvalue weighted by Gasteiger charge is -2.27. The number of rotatable bonds is 16. The molecule has 0 aromatic heterocycles. The van der Waals surface area contributed by atoms with Crippen molar-refractivity contribution in [1.82, 2.24) is 5.06 Å². The number of amides is 1. The Labute approximate surface area is 195 Å². The average molecular weight is 454 g/mol. The molecule has 0 aromatic carbocycles. The number of carbonyl (C=O) groups excluding carboxylic acids is 1. The second kappa shape index (κ2) is 13.9. The molecule has 0 aliphatic carbocycles. The highest BCUT2D eigenvalue weighted by atomic mass is 32.2. The molecule has 1 N–H and O–H groups in total. The first-order valence-corrected chi connectivity index (χ1v) is 13.9. The van der Waals surface area contributed by atoms with E-state index in [2.05, 4.69) is 30.8 Å². The van der Waals surface area contributed by atoms with Crippen molar-refractivity contribution in [3.05, 3.63) is 12.2 Å². The van der Waals surface area contributed by atoms with E-state index in [1.807, 2.05) is 13.8 Å². The smallest absolute Gasteiger partial charge is 0.251 e. The Morgan fingerprint density at radius 2 is 1.74 bits per heavy atom. The van der Waals surface area contributed by atoms with Crippen molar-refractivity contribution in [2.24, 2.45) is 17.3 Å². The lowest BCUT2D eigenvalue weighted by molar-refractivity contribution is -0.169. The summed E-state index contributed by atoms with van der Waals surface area (Å²) in [7, 11) is 1.40. The van der Waals surface area contributed by atoms with Crippen molar-refractivity contribution in [1.29, 1.82) is 0 Å². The number of thioether (sulfide) groups is 1. The number of fused-ring (bicyclic) bond motifs is 2. The van der Waals surface area contributed by atoms with Crippen LogP contribution in [0.25, 0.3) is 0 Å². The van der Waals surface area contributed by atoms with Crippen molar-refractivity contribution in [2.45, 2.75) is 110 Å². The molecule has 0 aromatic rings. The summed E-state index contributed by atoms with van der Waals surface area (Å²) in [5.74, 6) is 3.84. The first-order chi connectivity index (χ1) is 14.9. The average Bonchev–Trinajstić information content (AvgIpc) is 3.33. The van der Waals surface area contributed by atoms with Crippen LogP contribution in [0.1, 0.15) is 97.8 Å². The SMILES string of the molecule is CCCCCCSCCCC[C@@H]1[C@H](CC=CCCC(C)(C)C(=O)N(C)O)[C@@H]2CC[C@H]1O2. The zero-order chi connectivity index (χ0) is 22.7. The fraction of sp³-hybridized carbons (Fsp3) is 0.885. The Bertz CT molecular complexity index is 549. The fourth-order valence-electron chi connectivity index (χ4n) is 5.27. The molecule has 2 heterocycles. The summed E-state index contributed by atoms with van der Waals surface area (Å²) in [5, 5.41) is 10.1. The molecule has 0 radical (unpaired) electrons. The number of hydrogen-bond donors (Lipinski definition) is 1. The van der Waals surface area contributed by atoms with Crippen molar-refractivity contribution in [3.8, 4) is 0 Å². The predicted molar refractivity (Wildman–Crippen MR) is 132 cm³/mol. The summed E-state index contributed by atoms with van der Waals surface area (Å²) < 4.78 is 6.28. The van der Waals surface area contributed by atoms with E-state index in [9.17, 15) is 10.0 Å². The molecule has 2 saturated heterocycles. The first-order valence-electron chi connectivity index (χ1n) is 12.7. The second-order valence-corrected chi connectivity index (χ2v) is 11.5. The molecule has 4 nitrogen and oxygen atoms in total. The minimum absolute atomic E-state index is 0.221. The van der Waals surface area contributed by atoms with Gasteiger partial charge in [-0.05, 0) is 74.7 Å². The number of allylic oxidation sites excluding steroid dienone is 2. The van der Waals surface area contributed by atoms with Crippen LogP contribution in [0.15, 0.2) is 12.2 Å². The quantitative estimate of drug-likeness (QED) is 0.120. The van der Waals surface area contributed by atoms with Gasteiger partial charge in [-0.1, -0.05) is 58.6 Å². The molecule has 2 fully saturated rings. The van der Waals surface area contributed by atoms with E-state index in [0.29, 0.717) is 23.2 Å². The van der Waals surface area contributed by atoms with E-state index >= 15 is 0 Å². The molecule has 180 valence electrons. The van der Waals surface area contributed by atoms with Crippen molar-refractivity contribution in [3.63, 3.8) is 0 Å². The van der Waals surface area contributed by atoms with Crippen LogP contribution in [0.3, 0.4) is 0 Å². The first kappa shape index (κ1) is 26.7. The number of carbonyl (C=O) groups is 1. The zero-order valence-electron chi connectivity index (χ0n) is 20.5. The highest BCUT2D eigenvalue weighted by Gasteiger charge is 2.47. The van der Waals surface area contributed by atoms with Gasteiger partial charge in [-0.25, -0.2) is 5.06 Å². The zero-order valence-corrected chi connectivity index (χ0v) is 21.3. The molecule has 1 amide bonds. The standard InChI is InChI=1S/C26H47NO3S/c1-5-6-7-12-19-31-20-13-10-15-22-21(23-16-17-24(22)30-23)14-9-8-11-18-26(2,3)25(28)27(4)29/h8-9,21-24,29H,5-7,10-20H2,1-4H3/t21-,22+,23-,24+/m0/s1. The van der Waals surface area contributed by atoms with Gasteiger partial charge in [0, 0.05) is 12.5 Å². The third-order valence-electron chi connectivity index (χ3n) is 7.19. The summed E-state index contributed by atoms with van der Waals surface area (Å²) in [6.45, 7) is 6.08. The Morgan fingerprint density at radius 3 is 2.42 bits per heavy atom. The molecule has 2 aliphatic heterocycles. The number of hydroxylamine groups is 2. The topological polar surface area (TPSA) is 49.8 Å². The van der Waals surface area contributed by atoms with Crippen LogP contribution in [0.4, 0.5) is 0 Å². The van der Waals surface area contributed by atoms with Crippen LogP contribution in [0.5, 0.6) is 0 Å². The van der Waals surface area contributed by atoms with E-state index < -0.39 is 5.41 Å². The van der Waals surface area contributed by atoms with Crippen LogP contribution < -0.4 is 0 Å². The molecule has 31 heavy (non-hydrogen) atoms. The van der Waals surface area contributed by atoms with Crippen molar-refractivity contribution >= 4 is 17.7 Å². The number of nitrogens with zero attached hydrogens (tertiary/aromatic N) is 1. The Hall–Kier alpha value is -0.520. The summed E-state index contributed by atoms with van der Waals surface area (Å²) in [5.41, 5.74) is -0.528. The van der Waals surface area contributed by atoms with Gasteiger partial charge in [-0.15, -0.1) is 0 Å². The Balaban J connectivity index is 1.64. The third-order valence-corrected chi connectivity index (χ3v) is 8.35. The van der Waals surface area contributed by atoms with Gasteiger partial charge in [0.25, 0.3) is 5.91 Å². The number of hydrogen-bond acceptors (Lipinski definition) is 4. The third kappa shape index (κ3) is 8.74. The monoisotopic (exact) mass is 453 g/mol. The summed E-state index contributed by atoms with van der Waals surface area (Å²) in [6, 6.07) is 0. The maximum atomic E-state index is 12.0. The van der Waals surface area contributed by atoms with Gasteiger partial charge in [-0.3, -0.25) is 10.0 Å². The van der Waals surface area contributed by atoms with Crippen molar-refractivity contribution in [2.75, 3.05) is 18.6 Å². The molecule has 2 rings (SSSR count). The lowest BCUT2D eigenvalue weighted by Crippen LogP contribution is -2.36. The van der Waals surface area contributed by atoms with Crippen LogP contribution in [0.2, 0.25) is 0 Å². The maximum Gasteiger partial charge on any atom is 0.251 e. The molecule has 0 unspecified atom stereocenters. The van der Waals surface area contributed by atoms with Gasteiger partial charge in [0.15, 0.2) is 0 Å². The molecule has 2 aliphatic rings. The minimum atomic E-state index is -0.528. The normalized spacial score (nSPS) is 25.6.